The Bertz CT molecular complexity index is 1390. The number of Topliss-reactive ketones (excluding diaryl/α,β-unsaturated/α-hetero) is 1. The average Bonchev–Trinajstić information content (AvgIpc) is 3.45. The summed E-state index contributed by atoms with van der Waals surface area (Å²) in [6.45, 7) is 6.16. The van der Waals surface area contributed by atoms with Crippen LogP contribution in [-0.4, -0.2) is 30.7 Å². The Morgan fingerprint density at radius 1 is 1.00 bits per heavy atom. The predicted molar refractivity (Wildman–Crippen MR) is 136 cm³/mol. The van der Waals surface area contributed by atoms with Crippen LogP contribution in [0.4, 0.5) is 5.69 Å². The van der Waals surface area contributed by atoms with Gasteiger partial charge >= 0.3 is 0 Å². The Morgan fingerprint density at radius 2 is 1.72 bits per heavy atom. The van der Waals surface area contributed by atoms with Crippen LogP contribution in [0.2, 0.25) is 0 Å². The van der Waals surface area contributed by atoms with Crippen LogP contribution in [0.5, 0.6) is 17.2 Å². The standard InChI is InChI=1S/C29H27NO6/c1-16(2)18-6-8-19(9-7-18)26-25(27(31)21-13-17(3)5-11-22(21)34-4)28(32)29(33)30(26)20-10-12-23-24(14-20)36-15-35-23/h5-14,16,26,31H,15H2,1-4H3/b27-25+. The number of hydrogen-bond donors (Lipinski definition) is 1. The third kappa shape index (κ3) is 3.86. The van der Waals surface area contributed by atoms with Crippen molar-refractivity contribution in [2.75, 3.05) is 18.8 Å². The highest BCUT2D eigenvalue weighted by atomic mass is 16.7. The van der Waals surface area contributed by atoms with Gasteiger partial charge in [-0.2, -0.15) is 0 Å². The Hall–Kier alpha value is -4.26. The molecule has 1 saturated heterocycles. The highest BCUT2D eigenvalue weighted by Gasteiger charge is 2.47. The van der Waals surface area contributed by atoms with Gasteiger partial charge in [0.1, 0.15) is 11.5 Å². The third-order valence-corrected chi connectivity index (χ3v) is 6.61. The molecule has 2 aliphatic heterocycles. The van der Waals surface area contributed by atoms with E-state index in [0.29, 0.717) is 40.0 Å². The first-order valence-electron chi connectivity index (χ1n) is 11.8. The van der Waals surface area contributed by atoms with Crippen LogP contribution >= 0.6 is 0 Å². The minimum absolute atomic E-state index is 0.00105. The second-order valence-corrected chi connectivity index (χ2v) is 9.23. The zero-order chi connectivity index (χ0) is 25.6. The molecule has 0 bridgehead atoms. The van der Waals surface area contributed by atoms with Gasteiger partial charge in [0.2, 0.25) is 6.79 Å². The van der Waals surface area contributed by atoms with Crippen molar-refractivity contribution in [2.45, 2.75) is 32.7 Å². The fraction of sp³-hybridized carbons (Fsp3) is 0.241. The maximum atomic E-state index is 13.5. The number of aliphatic hydroxyl groups excluding tert-OH is 1. The quantitative estimate of drug-likeness (QED) is 0.293. The topological polar surface area (TPSA) is 85.3 Å². The fourth-order valence-corrected chi connectivity index (χ4v) is 4.66. The number of aliphatic hydroxyl groups is 1. The Labute approximate surface area is 209 Å². The molecule has 3 aromatic carbocycles. The molecular weight excluding hydrogens is 458 g/mol. The van der Waals surface area contributed by atoms with Crippen LogP contribution in [0.25, 0.3) is 5.76 Å². The van der Waals surface area contributed by atoms with Gasteiger partial charge in [-0.15, -0.1) is 0 Å². The summed E-state index contributed by atoms with van der Waals surface area (Å²) in [7, 11) is 1.49. The number of methoxy groups -OCH3 is 1. The number of anilines is 1. The van der Waals surface area contributed by atoms with Gasteiger partial charge in [0.15, 0.2) is 11.5 Å². The summed E-state index contributed by atoms with van der Waals surface area (Å²) in [5, 5.41) is 11.5. The SMILES string of the molecule is COc1ccc(C)cc1/C(O)=C1\C(=O)C(=O)N(c2ccc3c(c2)OCO3)C1c1ccc(C(C)C)cc1. The van der Waals surface area contributed by atoms with E-state index in [-0.39, 0.29) is 18.1 Å². The van der Waals surface area contributed by atoms with Gasteiger partial charge in [0, 0.05) is 11.8 Å². The fourth-order valence-electron chi connectivity index (χ4n) is 4.66. The molecule has 0 spiro atoms. The lowest BCUT2D eigenvalue weighted by atomic mass is 9.92. The van der Waals surface area contributed by atoms with E-state index in [1.807, 2.05) is 37.3 Å². The Balaban J connectivity index is 1.72. The molecular formula is C29H27NO6. The summed E-state index contributed by atoms with van der Waals surface area (Å²) in [5.74, 6) is -0.0137. The van der Waals surface area contributed by atoms with E-state index in [4.69, 9.17) is 14.2 Å². The molecule has 1 atom stereocenters. The van der Waals surface area contributed by atoms with Gasteiger partial charge in [0.25, 0.3) is 11.7 Å². The number of fused-ring (bicyclic) bond motifs is 1. The number of carbonyl (C=O) groups is 2. The second kappa shape index (κ2) is 9.07. The van der Waals surface area contributed by atoms with Gasteiger partial charge in [0.05, 0.1) is 24.3 Å². The molecule has 1 unspecified atom stereocenters. The predicted octanol–water partition coefficient (Wildman–Crippen LogP) is 5.48. The highest BCUT2D eigenvalue weighted by molar-refractivity contribution is 6.51. The van der Waals surface area contributed by atoms with Crippen molar-refractivity contribution in [3.63, 3.8) is 0 Å². The Morgan fingerprint density at radius 3 is 2.42 bits per heavy atom. The van der Waals surface area contributed by atoms with Crippen molar-refractivity contribution >= 4 is 23.1 Å². The van der Waals surface area contributed by atoms with Gasteiger partial charge < -0.3 is 19.3 Å². The number of aryl methyl sites for hydroxylation is 1. The maximum absolute atomic E-state index is 13.5. The number of amides is 1. The molecule has 184 valence electrons. The number of rotatable bonds is 5. The molecule has 0 aliphatic carbocycles. The maximum Gasteiger partial charge on any atom is 0.300 e. The Kier molecular flexibility index (Phi) is 5.92. The minimum atomic E-state index is -0.850. The first-order valence-corrected chi connectivity index (χ1v) is 11.8. The molecule has 0 saturated carbocycles. The van der Waals surface area contributed by atoms with Crippen LogP contribution in [0, 0.1) is 6.92 Å². The number of carbonyl (C=O) groups excluding carboxylic acids is 2. The first-order chi connectivity index (χ1) is 17.3. The van der Waals surface area contributed by atoms with E-state index < -0.39 is 17.7 Å². The van der Waals surface area contributed by atoms with Gasteiger partial charge in [-0.3, -0.25) is 14.5 Å². The molecule has 3 aromatic rings. The van der Waals surface area contributed by atoms with E-state index in [1.165, 1.54) is 12.0 Å². The van der Waals surface area contributed by atoms with Crippen LogP contribution in [0.1, 0.15) is 48.1 Å². The molecule has 5 rings (SSSR count). The summed E-state index contributed by atoms with van der Waals surface area (Å²) in [5.41, 5.74) is 3.52. The zero-order valence-corrected chi connectivity index (χ0v) is 20.6. The van der Waals surface area contributed by atoms with Gasteiger partial charge in [-0.1, -0.05) is 49.7 Å². The zero-order valence-electron chi connectivity index (χ0n) is 20.6. The third-order valence-electron chi connectivity index (χ3n) is 6.61. The lowest BCUT2D eigenvalue weighted by molar-refractivity contribution is -0.132. The molecule has 2 aliphatic rings. The molecule has 1 amide bonds. The highest BCUT2D eigenvalue weighted by Crippen LogP contribution is 2.45. The van der Waals surface area contributed by atoms with Crippen LogP contribution in [0.3, 0.4) is 0 Å². The second-order valence-electron chi connectivity index (χ2n) is 9.23. The lowest BCUT2D eigenvalue weighted by Crippen LogP contribution is -2.29. The molecule has 0 radical (unpaired) electrons. The average molecular weight is 486 g/mol. The molecule has 1 N–H and O–H groups in total. The van der Waals surface area contributed by atoms with E-state index in [0.717, 1.165) is 11.1 Å². The molecule has 36 heavy (non-hydrogen) atoms. The summed E-state index contributed by atoms with van der Waals surface area (Å²) in [6.07, 6.45) is 0. The van der Waals surface area contributed by atoms with Crippen molar-refractivity contribution in [3.8, 4) is 17.2 Å². The summed E-state index contributed by atoms with van der Waals surface area (Å²) >= 11 is 0. The van der Waals surface area contributed by atoms with Crippen molar-refractivity contribution < 1.29 is 28.9 Å². The summed E-state index contributed by atoms with van der Waals surface area (Å²) in [6, 6.07) is 17.3. The molecule has 2 heterocycles. The van der Waals surface area contributed by atoms with Crippen molar-refractivity contribution in [1.82, 2.24) is 0 Å². The van der Waals surface area contributed by atoms with Gasteiger partial charge in [-0.05, 0) is 48.2 Å². The number of nitrogens with zero attached hydrogens (tertiary/aromatic N) is 1. The molecule has 7 heteroatoms. The van der Waals surface area contributed by atoms with Crippen molar-refractivity contribution in [2.24, 2.45) is 0 Å². The van der Waals surface area contributed by atoms with Crippen LogP contribution in [-0.2, 0) is 9.59 Å². The lowest BCUT2D eigenvalue weighted by Gasteiger charge is -2.26. The van der Waals surface area contributed by atoms with Gasteiger partial charge in [-0.25, -0.2) is 0 Å². The van der Waals surface area contributed by atoms with Crippen molar-refractivity contribution in [3.05, 3.63) is 88.5 Å². The minimum Gasteiger partial charge on any atom is -0.507 e. The van der Waals surface area contributed by atoms with Crippen LogP contribution < -0.4 is 19.1 Å². The van der Waals surface area contributed by atoms with E-state index in [9.17, 15) is 14.7 Å². The van der Waals surface area contributed by atoms with E-state index in [1.54, 1.807) is 30.3 Å². The number of hydrogen-bond acceptors (Lipinski definition) is 6. The first kappa shape index (κ1) is 23.5. The number of ketones is 1. The smallest absolute Gasteiger partial charge is 0.300 e. The summed E-state index contributed by atoms with van der Waals surface area (Å²) < 4.78 is 16.4. The number of benzene rings is 3. The molecule has 1 fully saturated rings. The summed E-state index contributed by atoms with van der Waals surface area (Å²) in [4.78, 5) is 28.3. The molecule has 7 nitrogen and oxygen atoms in total. The van der Waals surface area contributed by atoms with Crippen molar-refractivity contribution in [1.29, 1.82) is 0 Å². The van der Waals surface area contributed by atoms with E-state index in [2.05, 4.69) is 13.8 Å². The van der Waals surface area contributed by atoms with Crippen LogP contribution in [0.15, 0.2) is 66.2 Å². The van der Waals surface area contributed by atoms with E-state index >= 15 is 0 Å². The largest absolute Gasteiger partial charge is 0.507 e. The molecule has 0 aromatic heterocycles. The normalized spacial score (nSPS) is 18.2. The monoisotopic (exact) mass is 485 g/mol. The number of ether oxygens (including phenoxy) is 3.